The van der Waals surface area contributed by atoms with Crippen molar-refractivity contribution in [2.45, 2.75) is 32.4 Å². The molecule has 1 aromatic rings. The molecule has 0 spiro atoms. The molecule has 108 valence electrons. The molecule has 0 amide bonds. The van der Waals surface area contributed by atoms with Crippen molar-refractivity contribution in [2.75, 3.05) is 13.1 Å². The van der Waals surface area contributed by atoms with Gasteiger partial charge in [-0.2, -0.15) is 0 Å². The number of halogens is 3. The van der Waals surface area contributed by atoms with Gasteiger partial charge in [-0.3, -0.25) is 4.90 Å². The van der Waals surface area contributed by atoms with Gasteiger partial charge in [0.05, 0.1) is 5.02 Å². The first-order valence-corrected chi connectivity index (χ1v) is 6.86. The third kappa shape index (κ3) is 4.32. The second-order valence-electron chi connectivity index (χ2n) is 5.24. The zero-order valence-corrected chi connectivity index (χ0v) is 12.7. The number of piperidine rings is 1. The first-order valence-electron chi connectivity index (χ1n) is 6.48. The van der Waals surface area contributed by atoms with E-state index >= 15 is 0 Å². The minimum Gasteiger partial charge on any atom is -0.329 e. The summed E-state index contributed by atoms with van der Waals surface area (Å²) < 4.78 is 13.1. The molecule has 2 rings (SSSR count). The molecule has 2 nitrogen and oxygen atoms in total. The lowest BCUT2D eigenvalue weighted by Crippen LogP contribution is -2.45. The van der Waals surface area contributed by atoms with E-state index in [4.69, 9.17) is 17.3 Å². The van der Waals surface area contributed by atoms with Crippen LogP contribution in [0.5, 0.6) is 0 Å². The van der Waals surface area contributed by atoms with Crippen molar-refractivity contribution in [1.29, 1.82) is 0 Å². The number of likely N-dealkylation sites (tertiary alicyclic amines) is 1. The SMILES string of the molecule is CC1CCN(Cc2ccc(F)c(Cl)c2)C(CN)C1.Cl. The molecule has 2 N–H and O–H groups in total. The number of rotatable bonds is 3. The first kappa shape index (κ1) is 16.7. The van der Waals surface area contributed by atoms with Gasteiger partial charge in [-0.15, -0.1) is 12.4 Å². The monoisotopic (exact) mass is 306 g/mol. The summed E-state index contributed by atoms with van der Waals surface area (Å²) in [6, 6.07) is 5.37. The molecule has 0 aromatic heterocycles. The Bertz CT molecular complexity index is 414. The van der Waals surface area contributed by atoms with E-state index in [0.717, 1.165) is 31.0 Å². The maximum Gasteiger partial charge on any atom is 0.141 e. The molecule has 2 unspecified atom stereocenters. The highest BCUT2D eigenvalue weighted by Crippen LogP contribution is 2.24. The minimum atomic E-state index is -0.358. The van der Waals surface area contributed by atoms with Crippen LogP contribution in [0.2, 0.25) is 5.02 Å². The lowest BCUT2D eigenvalue weighted by molar-refractivity contribution is 0.115. The normalized spacial score (nSPS) is 24.0. The number of benzene rings is 1. The zero-order valence-electron chi connectivity index (χ0n) is 11.1. The summed E-state index contributed by atoms with van der Waals surface area (Å²) >= 11 is 5.81. The van der Waals surface area contributed by atoms with Crippen LogP contribution in [0.4, 0.5) is 4.39 Å². The predicted molar refractivity (Wildman–Crippen MR) is 80.3 cm³/mol. The standard InChI is InChI=1S/C14H20ClFN2.ClH/c1-10-4-5-18(12(6-10)8-17)9-11-2-3-14(16)13(15)7-11;/h2-3,7,10,12H,4-6,8-9,17H2,1H3;1H. The van der Waals surface area contributed by atoms with Crippen LogP contribution in [-0.4, -0.2) is 24.0 Å². The van der Waals surface area contributed by atoms with E-state index in [1.807, 2.05) is 0 Å². The average Bonchev–Trinajstić information content (AvgIpc) is 2.36. The number of nitrogens with two attached hydrogens (primary N) is 1. The van der Waals surface area contributed by atoms with Gasteiger partial charge in [0.2, 0.25) is 0 Å². The number of nitrogens with zero attached hydrogens (tertiary/aromatic N) is 1. The lowest BCUT2D eigenvalue weighted by atomic mass is 9.92. The molecule has 1 heterocycles. The Morgan fingerprint density at radius 2 is 2.21 bits per heavy atom. The van der Waals surface area contributed by atoms with Gasteiger partial charge in [0, 0.05) is 19.1 Å². The number of hydrogen-bond acceptors (Lipinski definition) is 2. The van der Waals surface area contributed by atoms with Crippen molar-refractivity contribution < 1.29 is 4.39 Å². The Hall–Kier alpha value is -0.350. The van der Waals surface area contributed by atoms with E-state index < -0.39 is 0 Å². The van der Waals surface area contributed by atoms with E-state index in [0.29, 0.717) is 12.6 Å². The van der Waals surface area contributed by atoms with Crippen LogP contribution in [0.15, 0.2) is 18.2 Å². The Kier molecular flexibility index (Phi) is 6.54. The summed E-state index contributed by atoms with van der Waals surface area (Å²) in [5, 5.41) is 0.196. The van der Waals surface area contributed by atoms with Gasteiger partial charge in [0.1, 0.15) is 5.82 Å². The van der Waals surface area contributed by atoms with Gasteiger partial charge < -0.3 is 5.73 Å². The molecular formula is C14H21Cl2FN2. The van der Waals surface area contributed by atoms with E-state index in [9.17, 15) is 4.39 Å². The molecular weight excluding hydrogens is 286 g/mol. The van der Waals surface area contributed by atoms with Gasteiger partial charge >= 0.3 is 0 Å². The summed E-state index contributed by atoms with van der Waals surface area (Å²) in [6.07, 6.45) is 2.34. The van der Waals surface area contributed by atoms with Crippen LogP contribution >= 0.6 is 24.0 Å². The van der Waals surface area contributed by atoms with E-state index in [2.05, 4.69) is 11.8 Å². The molecule has 0 radical (unpaired) electrons. The molecule has 0 aliphatic carbocycles. The Morgan fingerprint density at radius 3 is 2.84 bits per heavy atom. The van der Waals surface area contributed by atoms with Crippen LogP contribution in [0, 0.1) is 11.7 Å². The Labute approximate surface area is 125 Å². The van der Waals surface area contributed by atoms with Crippen molar-refractivity contribution >= 4 is 24.0 Å². The largest absolute Gasteiger partial charge is 0.329 e. The number of hydrogen-bond donors (Lipinski definition) is 1. The first-order chi connectivity index (χ1) is 8.60. The Balaban J connectivity index is 0.00000180. The average molecular weight is 307 g/mol. The maximum atomic E-state index is 13.1. The van der Waals surface area contributed by atoms with Crippen molar-refractivity contribution in [3.63, 3.8) is 0 Å². The highest BCUT2D eigenvalue weighted by atomic mass is 35.5. The van der Waals surface area contributed by atoms with Crippen molar-refractivity contribution in [3.05, 3.63) is 34.6 Å². The summed E-state index contributed by atoms with van der Waals surface area (Å²) in [5.74, 6) is 0.384. The third-order valence-electron chi connectivity index (χ3n) is 3.74. The summed E-state index contributed by atoms with van der Waals surface area (Å²) in [6.45, 7) is 4.81. The van der Waals surface area contributed by atoms with E-state index in [-0.39, 0.29) is 23.2 Å². The van der Waals surface area contributed by atoms with Crippen LogP contribution in [0.1, 0.15) is 25.3 Å². The van der Waals surface area contributed by atoms with Crippen molar-refractivity contribution in [3.8, 4) is 0 Å². The van der Waals surface area contributed by atoms with Crippen molar-refractivity contribution in [2.24, 2.45) is 11.7 Å². The topological polar surface area (TPSA) is 29.3 Å². The maximum absolute atomic E-state index is 13.1. The fourth-order valence-electron chi connectivity index (χ4n) is 2.63. The minimum absolute atomic E-state index is 0. The van der Waals surface area contributed by atoms with Gasteiger partial charge in [-0.1, -0.05) is 24.6 Å². The molecule has 1 aliphatic heterocycles. The molecule has 2 atom stereocenters. The Morgan fingerprint density at radius 1 is 1.47 bits per heavy atom. The van der Waals surface area contributed by atoms with Crippen LogP contribution in [0.3, 0.4) is 0 Å². The fourth-order valence-corrected chi connectivity index (χ4v) is 2.83. The van der Waals surface area contributed by atoms with Gasteiger partial charge in [0.25, 0.3) is 0 Å². The van der Waals surface area contributed by atoms with Crippen LogP contribution < -0.4 is 5.73 Å². The van der Waals surface area contributed by atoms with E-state index in [1.54, 1.807) is 12.1 Å². The fraction of sp³-hybridized carbons (Fsp3) is 0.571. The molecule has 1 fully saturated rings. The summed E-state index contributed by atoms with van der Waals surface area (Å²) in [7, 11) is 0. The highest BCUT2D eigenvalue weighted by molar-refractivity contribution is 6.30. The van der Waals surface area contributed by atoms with Gasteiger partial charge in [-0.05, 0) is 43.0 Å². The zero-order chi connectivity index (χ0) is 13.1. The smallest absolute Gasteiger partial charge is 0.141 e. The molecule has 1 aliphatic rings. The van der Waals surface area contributed by atoms with Crippen LogP contribution in [-0.2, 0) is 6.54 Å². The molecule has 0 saturated carbocycles. The predicted octanol–water partition coefficient (Wildman–Crippen LogP) is 3.46. The molecule has 1 saturated heterocycles. The highest BCUT2D eigenvalue weighted by Gasteiger charge is 2.25. The molecule has 0 bridgehead atoms. The third-order valence-corrected chi connectivity index (χ3v) is 4.03. The summed E-state index contributed by atoms with van der Waals surface area (Å²) in [5.41, 5.74) is 6.89. The summed E-state index contributed by atoms with van der Waals surface area (Å²) in [4.78, 5) is 2.38. The second kappa shape index (κ2) is 7.44. The quantitative estimate of drug-likeness (QED) is 0.926. The van der Waals surface area contributed by atoms with E-state index in [1.165, 1.54) is 12.5 Å². The van der Waals surface area contributed by atoms with Crippen LogP contribution in [0.25, 0.3) is 0 Å². The lowest BCUT2D eigenvalue weighted by Gasteiger charge is -2.38. The van der Waals surface area contributed by atoms with Gasteiger partial charge in [0.15, 0.2) is 0 Å². The van der Waals surface area contributed by atoms with Crippen molar-refractivity contribution in [1.82, 2.24) is 4.90 Å². The molecule has 1 aromatic carbocycles. The molecule has 5 heteroatoms. The molecule has 19 heavy (non-hydrogen) atoms. The second-order valence-corrected chi connectivity index (χ2v) is 5.65. The van der Waals surface area contributed by atoms with Gasteiger partial charge in [-0.25, -0.2) is 4.39 Å².